The molecule has 1 N–H and O–H groups in total. The van der Waals surface area contributed by atoms with Gasteiger partial charge in [-0.15, -0.1) is 11.3 Å². The lowest BCUT2D eigenvalue weighted by molar-refractivity contribution is 0.574. The average molecular weight is 383 g/mol. The predicted octanol–water partition coefficient (Wildman–Crippen LogP) is 4.03. The van der Waals surface area contributed by atoms with Crippen LogP contribution < -0.4 is 4.72 Å². The minimum Gasteiger partial charge on any atom is -0.230 e. The number of sulfonamides is 1. The van der Waals surface area contributed by atoms with Crippen LogP contribution in [0, 0.1) is 5.82 Å². The van der Waals surface area contributed by atoms with Crippen LogP contribution in [0.3, 0.4) is 0 Å². The number of aromatic nitrogens is 1. The SMILES string of the molecule is CCSc1nc2ccc(S(=O)(=O)NCc3ccccc3F)cc2s1. The van der Waals surface area contributed by atoms with E-state index in [1.165, 1.54) is 23.5 Å². The van der Waals surface area contributed by atoms with E-state index in [2.05, 4.69) is 9.71 Å². The highest BCUT2D eigenvalue weighted by molar-refractivity contribution is 8.01. The van der Waals surface area contributed by atoms with Crippen molar-refractivity contribution in [3.8, 4) is 0 Å². The van der Waals surface area contributed by atoms with Gasteiger partial charge in [0, 0.05) is 12.1 Å². The second-order valence-corrected chi connectivity index (χ2v) is 9.27. The van der Waals surface area contributed by atoms with E-state index in [0.29, 0.717) is 5.56 Å². The Balaban J connectivity index is 1.83. The van der Waals surface area contributed by atoms with E-state index in [1.807, 2.05) is 6.92 Å². The minimum atomic E-state index is -3.71. The Kier molecular flexibility index (Phi) is 5.19. The van der Waals surface area contributed by atoms with Gasteiger partial charge in [-0.2, -0.15) is 0 Å². The molecule has 4 nitrogen and oxygen atoms in total. The maximum Gasteiger partial charge on any atom is 0.240 e. The van der Waals surface area contributed by atoms with E-state index in [-0.39, 0.29) is 11.4 Å². The quantitative estimate of drug-likeness (QED) is 0.654. The molecule has 3 rings (SSSR count). The highest BCUT2D eigenvalue weighted by Crippen LogP contribution is 2.30. The van der Waals surface area contributed by atoms with Crippen LogP contribution in [-0.2, 0) is 16.6 Å². The van der Waals surface area contributed by atoms with E-state index in [9.17, 15) is 12.8 Å². The van der Waals surface area contributed by atoms with Crippen molar-refractivity contribution < 1.29 is 12.8 Å². The van der Waals surface area contributed by atoms with Crippen LogP contribution in [0.2, 0.25) is 0 Å². The molecule has 1 heterocycles. The molecule has 0 aliphatic rings. The summed E-state index contributed by atoms with van der Waals surface area (Å²) in [5.74, 6) is 0.481. The minimum absolute atomic E-state index is 0.0906. The first-order valence-electron chi connectivity index (χ1n) is 7.26. The van der Waals surface area contributed by atoms with Gasteiger partial charge in [-0.3, -0.25) is 0 Å². The first-order chi connectivity index (χ1) is 11.5. The first-order valence-corrected chi connectivity index (χ1v) is 10.5. The highest BCUT2D eigenvalue weighted by Gasteiger charge is 2.16. The molecule has 0 aliphatic carbocycles. The van der Waals surface area contributed by atoms with Crippen molar-refractivity contribution in [3.05, 3.63) is 53.8 Å². The monoisotopic (exact) mass is 382 g/mol. The molecule has 24 heavy (non-hydrogen) atoms. The molecule has 0 radical (unpaired) electrons. The number of thiazole rings is 1. The van der Waals surface area contributed by atoms with Gasteiger partial charge in [-0.1, -0.05) is 36.9 Å². The van der Waals surface area contributed by atoms with Crippen molar-refractivity contribution >= 4 is 43.3 Å². The second-order valence-electron chi connectivity index (χ2n) is 4.96. The molecule has 8 heteroatoms. The molecule has 2 aromatic carbocycles. The zero-order valence-corrected chi connectivity index (χ0v) is 15.3. The van der Waals surface area contributed by atoms with Crippen LogP contribution in [-0.4, -0.2) is 19.2 Å². The largest absolute Gasteiger partial charge is 0.240 e. The number of benzene rings is 2. The van der Waals surface area contributed by atoms with Crippen molar-refractivity contribution in [3.63, 3.8) is 0 Å². The Morgan fingerprint density at radius 2 is 2.04 bits per heavy atom. The first kappa shape index (κ1) is 17.3. The van der Waals surface area contributed by atoms with Crippen LogP contribution in [0.1, 0.15) is 12.5 Å². The molecule has 3 aromatic rings. The molecule has 0 aliphatic heterocycles. The Morgan fingerprint density at radius 1 is 1.25 bits per heavy atom. The Bertz CT molecular complexity index is 970. The van der Waals surface area contributed by atoms with Crippen LogP contribution >= 0.6 is 23.1 Å². The van der Waals surface area contributed by atoms with Gasteiger partial charge in [0.15, 0.2) is 4.34 Å². The van der Waals surface area contributed by atoms with Gasteiger partial charge in [0.1, 0.15) is 5.82 Å². The normalized spacial score (nSPS) is 11.9. The molecule has 0 atom stereocenters. The van der Waals surface area contributed by atoms with E-state index in [0.717, 1.165) is 20.3 Å². The van der Waals surface area contributed by atoms with Crippen molar-refractivity contribution in [1.82, 2.24) is 9.71 Å². The summed E-state index contributed by atoms with van der Waals surface area (Å²) in [5.41, 5.74) is 1.09. The number of nitrogens with zero attached hydrogens (tertiary/aromatic N) is 1. The van der Waals surface area contributed by atoms with Crippen molar-refractivity contribution in [2.24, 2.45) is 0 Å². The summed E-state index contributed by atoms with van der Waals surface area (Å²) >= 11 is 3.09. The number of nitrogens with one attached hydrogen (secondary N) is 1. The predicted molar refractivity (Wildman–Crippen MR) is 96.4 cm³/mol. The molecule has 0 fully saturated rings. The Hall–Kier alpha value is -1.48. The van der Waals surface area contributed by atoms with Gasteiger partial charge in [-0.05, 0) is 30.0 Å². The van der Waals surface area contributed by atoms with E-state index in [4.69, 9.17) is 0 Å². The van der Waals surface area contributed by atoms with Gasteiger partial charge in [0.25, 0.3) is 0 Å². The molecular weight excluding hydrogens is 367 g/mol. The van der Waals surface area contributed by atoms with Crippen LogP contribution in [0.5, 0.6) is 0 Å². The molecule has 0 unspecified atom stereocenters. The molecule has 0 bridgehead atoms. The van der Waals surface area contributed by atoms with Crippen molar-refractivity contribution in [2.75, 3.05) is 5.75 Å². The standard InChI is InChI=1S/C16H15FN2O2S3/c1-2-22-16-19-14-8-7-12(9-15(14)23-16)24(20,21)18-10-11-5-3-4-6-13(11)17/h3-9,18H,2,10H2,1H3. The van der Waals surface area contributed by atoms with Crippen LogP contribution in [0.4, 0.5) is 4.39 Å². The molecule has 1 aromatic heterocycles. The fourth-order valence-corrected chi connectivity index (χ4v) is 5.25. The molecule has 0 amide bonds. The van der Waals surface area contributed by atoms with Crippen molar-refractivity contribution in [1.29, 1.82) is 0 Å². The molecule has 0 saturated heterocycles. The summed E-state index contributed by atoms with van der Waals surface area (Å²) in [7, 11) is -3.71. The van der Waals surface area contributed by atoms with Crippen LogP contribution in [0.25, 0.3) is 10.2 Å². The summed E-state index contributed by atoms with van der Waals surface area (Å²) in [6, 6.07) is 10.9. The average Bonchev–Trinajstić information content (AvgIpc) is 2.96. The number of rotatable bonds is 6. The lowest BCUT2D eigenvalue weighted by Gasteiger charge is -2.07. The summed E-state index contributed by atoms with van der Waals surface area (Å²) in [6.45, 7) is 1.95. The number of hydrogen-bond donors (Lipinski definition) is 1. The third-order valence-corrected chi connectivity index (χ3v) is 6.77. The van der Waals surface area contributed by atoms with Gasteiger partial charge in [0.05, 0.1) is 15.1 Å². The molecule has 126 valence electrons. The molecule has 0 saturated carbocycles. The number of fused-ring (bicyclic) bond motifs is 1. The number of halogens is 1. The van der Waals surface area contributed by atoms with Gasteiger partial charge < -0.3 is 0 Å². The van der Waals surface area contributed by atoms with E-state index >= 15 is 0 Å². The van der Waals surface area contributed by atoms with Gasteiger partial charge in [0.2, 0.25) is 10.0 Å². The van der Waals surface area contributed by atoms with E-state index < -0.39 is 15.8 Å². The summed E-state index contributed by atoms with van der Waals surface area (Å²) in [6.07, 6.45) is 0. The maximum atomic E-state index is 13.6. The van der Waals surface area contributed by atoms with Crippen LogP contribution in [0.15, 0.2) is 51.7 Å². The fraction of sp³-hybridized carbons (Fsp3) is 0.188. The lowest BCUT2D eigenvalue weighted by Crippen LogP contribution is -2.23. The summed E-state index contributed by atoms with van der Waals surface area (Å²) in [5, 5.41) is 0. The number of thioether (sulfide) groups is 1. The third kappa shape index (κ3) is 3.77. The Labute approximate surface area is 148 Å². The summed E-state index contributed by atoms with van der Waals surface area (Å²) < 4.78 is 42.7. The van der Waals surface area contributed by atoms with E-state index in [1.54, 1.807) is 42.1 Å². The topological polar surface area (TPSA) is 59.1 Å². The molecule has 0 spiro atoms. The molecular formula is C16H15FN2O2S3. The zero-order valence-electron chi connectivity index (χ0n) is 12.8. The summed E-state index contributed by atoms with van der Waals surface area (Å²) in [4.78, 5) is 4.60. The van der Waals surface area contributed by atoms with Crippen molar-refractivity contribution in [2.45, 2.75) is 22.7 Å². The highest BCUT2D eigenvalue weighted by atomic mass is 32.2. The number of hydrogen-bond acceptors (Lipinski definition) is 5. The van der Waals surface area contributed by atoms with Gasteiger partial charge in [-0.25, -0.2) is 22.5 Å². The Morgan fingerprint density at radius 3 is 2.79 bits per heavy atom. The smallest absolute Gasteiger partial charge is 0.230 e. The fourth-order valence-electron chi connectivity index (χ4n) is 2.13. The third-order valence-electron chi connectivity index (χ3n) is 3.33. The lowest BCUT2D eigenvalue weighted by atomic mass is 10.2. The second kappa shape index (κ2) is 7.18. The zero-order chi connectivity index (χ0) is 17.2. The maximum absolute atomic E-state index is 13.6. The van der Waals surface area contributed by atoms with Gasteiger partial charge >= 0.3 is 0 Å².